The predicted octanol–water partition coefficient (Wildman–Crippen LogP) is 3.04. The van der Waals surface area contributed by atoms with Crippen LogP contribution in [-0.2, 0) is 15.1 Å². The molecule has 1 heterocycles. The van der Waals surface area contributed by atoms with Gasteiger partial charge < -0.3 is 18.7 Å². The largest absolute Gasteiger partial charge is 0.759 e. The summed E-state index contributed by atoms with van der Waals surface area (Å²) in [5, 5.41) is 0. The predicted molar refractivity (Wildman–Crippen MR) is 107 cm³/mol. The van der Waals surface area contributed by atoms with Crippen LogP contribution in [0.5, 0.6) is 0 Å². The van der Waals surface area contributed by atoms with Crippen molar-refractivity contribution in [3.63, 3.8) is 0 Å². The molecule has 1 aliphatic heterocycles. The van der Waals surface area contributed by atoms with Crippen LogP contribution in [0.4, 0.5) is 0 Å². The maximum atomic E-state index is 8.52. The van der Waals surface area contributed by atoms with Gasteiger partial charge in [0.15, 0.2) is 0 Å². The van der Waals surface area contributed by atoms with Crippen LogP contribution in [0.1, 0.15) is 96.8 Å². The Morgan fingerprint density at radius 1 is 0.704 bits per heavy atom. The first-order valence-electron chi connectivity index (χ1n) is 11.0. The molecule has 164 valence electrons. The Morgan fingerprint density at radius 2 is 1.04 bits per heavy atom. The summed E-state index contributed by atoms with van der Waals surface area (Å²) < 4.78 is 39.5. The fourth-order valence-electron chi connectivity index (χ4n) is 3.48. The van der Waals surface area contributed by atoms with Crippen LogP contribution in [0, 0.1) is 0 Å². The molecule has 0 aromatic carbocycles. The van der Waals surface area contributed by atoms with Crippen molar-refractivity contribution in [2.24, 2.45) is 0 Å². The molecule has 0 unspecified atom stereocenters. The third kappa shape index (κ3) is 25.8. The summed E-state index contributed by atoms with van der Waals surface area (Å²) in [6.07, 6.45) is 20.4. The van der Waals surface area contributed by atoms with Crippen molar-refractivity contribution in [2.45, 2.75) is 96.8 Å². The van der Waals surface area contributed by atoms with Crippen molar-refractivity contribution in [1.29, 1.82) is 0 Å². The van der Waals surface area contributed by atoms with Crippen LogP contribution in [0.15, 0.2) is 0 Å². The maximum Gasteiger partial charge on any atom is 0.101 e. The highest BCUT2D eigenvalue weighted by molar-refractivity contribution is 7.79. The summed E-state index contributed by atoms with van der Waals surface area (Å²) in [7, 11) is -5.17. The smallest absolute Gasteiger partial charge is 0.101 e. The molecule has 0 aliphatic carbocycles. The Bertz CT molecular complexity index is 389. The van der Waals surface area contributed by atoms with E-state index in [4.69, 9.17) is 22.3 Å². The van der Waals surface area contributed by atoms with E-state index in [1.54, 1.807) is 4.90 Å². The maximum absolute atomic E-state index is 8.52. The number of hydrogen-bond donors (Lipinski definition) is 1. The van der Waals surface area contributed by atoms with E-state index in [0.717, 1.165) is 13.2 Å². The minimum atomic E-state index is -5.17. The topological polar surface area (TPSA) is 93.9 Å². The lowest BCUT2D eigenvalue weighted by molar-refractivity contribution is -0.908. The average Bonchev–Trinajstić information content (AvgIpc) is 2.61. The van der Waals surface area contributed by atoms with Gasteiger partial charge in [-0.15, -0.1) is 0 Å². The second-order valence-corrected chi connectivity index (χ2v) is 8.43. The summed E-state index contributed by atoms with van der Waals surface area (Å²) in [5.41, 5.74) is 0. The van der Waals surface area contributed by atoms with Crippen molar-refractivity contribution in [2.75, 3.05) is 32.8 Å². The van der Waals surface area contributed by atoms with E-state index in [1.807, 2.05) is 0 Å². The Balaban J connectivity index is 0.00000119. The summed E-state index contributed by atoms with van der Waals surface area (Å²) in [6, 6.07) is 0. The molecule has 0 saturated carbocycles. The zero-order chi connectivity index (χ0) is 20.2. The van der Waals surface area contributed by atoms with Gasteiger partial charge in [-0.3, -0.25) is 8.42 Å². The highest BCUT2D eigenvalue weighted by Crippen LogP contribution is 2.12. The molecule has 0 spiro atoms. The molecule has 1 fully saturated rings. The van der Waals surface area contributed by atoms with E-state index >= 15 is 0 Å². The summed E-state index contributed by atoms with van der Waals surface area (Å²) in [6.45, 7) is 8.10. The normalized spacial score (nSPS) is 15.4. The third-order valence-corrected chi connectivity index (χ3v) is 5.08. The van der Waals surface area contributed by atoms with Crippen LogP contribution in [0.2, 0.25) is 0 Å². The third-order valence-electron chi connectivity index (χ3n) is 5.08. The zero-order valence-corrected chi connectivity index (χ0v) is 18.2. The van der Waals surface area contributed by atoms with Crippen LogP contribution < -0.4 is 4.90 Å². The number of nitrogens with one attached hydrogen (secondary N) is 1. The molecule has 0 atom stereocenters. The molecule has 0 aromatic heterocycles. The number of hydrogen-bond acceptors (Lipinski definition) is 5. The first-order valence-corrected chi connectivity index (χ1v) is 12.3. The lowest BCUT2D eigenvalue weighted by atomic mass is 10.0. The van der Waals surface area contributed by atoms with E-state index in [2.05, 4.69) is 6.92 Å². The van der Waals surface area contributed by atoms with E-state index < -0.39 is 10.4 Å². The molecule has 0 amide bonds. The Kier molecular flexibility index (Phi) is 19.0. The van der Waals surface area contributed by atoms with Gasteiger partial charge in [-0.2, -0.15) is 0 Å². The van der Waals surface area contributed by atoms with Crippen molar-refractivity contribution < 1.29 is 27.2 Å². The van der Waals surface area contributed by atoms with Crippen molar-refractivity contribution in [3.05, 3.63) is 0 Å². The lowest BCUT2D eigenvalue weighted by Gasteiger charge is -2.23. The molecular formula is C20H42NO5S-. The highest BCUT2D eigenvalue weighted by Gasteiger charge is 2.12. The van der Waals surface area contributed by atoms with E-state index in [1.165, 1.54) is 110 Å². The molecule has 1 N–H and O–H groups in total. The van der Waals surface area contributed by atoms with Gasteiger partial charge in [0.2, 0.25) is 0 Å². The van der Waals surface area contributed by atoms with Gasteiger partial charge >= 0.3 is 0 Å². The number of morpholine rings is 1. The van der Waals surface area contributed by atoms with Crippen molar-refractivity contribution >= 4 is 10.4 Å². The lowest BCUT2D eigenvalue weighted by Crippen LogP contribution is -3.14. The first-order chi connectivity index (χ1) is 12.9. The summed E-state index contributed by atoms with van der Waals surface area (Å²) in [4.78, 5) is 1.77. The van der Waals surface area contributed by atoms with Crippen molar-refractivity contribution in [3.8, 4) is 0 Å². The molecule has 7 heteroatoms. The number of rotatable bonds is 15. The van der Waals surface area contributed by atoms with Crippen molar-refractivity contribution in [1.82, 2.24) is 0 Å². The van der Waals surface area contributed by atoms with Gasteiger partial charge in [-0.25, -0.2) is 0 Å². The molecule has 6 nitrogen and oxygen atoms in total. The Labute approximate surface area is 167 Å². The van der Waals surface area contributed by atoms with Gasteiger partial charge in [0.1, 0.15) is 13.1 Å². The van der Waals surface area contributed by atoms with Crippen LogP contribution in [-0.4, -0.2) is 50.4 Å². The molecule has 1 rings (SSSR count). The van der Waals surface area contributed by atoms with E-state index in [9.17, 15) is 0 Å². The standard InChI is InChI=1S/C20H41NO.H2O4S/c1-2-3-4-5-6-7-8-9-10-11-12-13-14-15-16-21-17-19-22-20-18-21;1-5(2,3)4/h2-20H2,1H3;(H2,1,2,3,4)/p-1. The molecular weight excluding hydrogens is 366 g/mol. The SMILES string of the molecule is CCCCCCCCCCCCCCCC[NH+]1CCOCC1.O=S(=O)([O-])[O-]. The zero-order valence-electron chi connectivity index (χ0n) is 17.4. The summed E-state index contributed by atoms with van der Waals surface area (Å²) >= 11 is 0. The minimum absolute atomic E-state index is 0.980. The fourth-order valence-corrected chi connectivity index (χ4v) is 3.48. The Morgan fingerprint density at radius 3 is 1.41 bits per heavy atom. The summed E-state index contributed by atoms with van der Waals surface area (Å²) in [5.74, 6) is 0. The van der Waals surface area contributed by atoms with Gasteiger partial charge in [0, 0.05) is 10.4 Å². The fraction of sp³-hybridized carbons (Fsp3) is 1.00. The number of quaternary nitrogens is 1. The molecule has 27 heavy (non-hydrogen) atoms. The first kappa shape index (κ1) is 26.8. The quantitative estimate of drug-likeness (QED) is 0.255. The van der Waals surface area contributed by atoms with Crippen LogP contribution in [0.25, 0.3) is 0 Å². The van der Waals surface area contributed by atoms with E-state index in [-0.39, 0.29) is 0 Å². The highest BCUT2D eigenvalue weighted by atomic mass is 32.3. The molecule has 0 radical (unpaired) electrons. The van der Waals surface area contributed by atoms with Gasteiger partial charge in [0.05, 0.1) is 19.8 Å². The van der Waals surface area contributed by atoms with Gasteiger partial charge in [-0.05, 0) is 12.8 Å². The molecule has 0 aromatic rings. The van der Waals surface area contributed by atoms with Gasteiger partial charge in [0.25, 0.3) is 0 Å². The number of unbranched alkanes of at least 4 members (excludes halogenated alkanes) is 13. The van der Waals surface area contributed by atoms with Gasteiger partial charge in [-0.1, -0.05) is 84.0 Å². The molecule has 0 bridgehead atoms. The molecule has 1 aliphatic rings. The second-order valence-electron chi connectivity index (χ2n) is 7.62. The number of ether oxygens (including phenoxy) is 1. The minimum Gasteiger partial charge on any atom is -0.759 e. The van der Waals surface area contributed by atoms with E-state index in [0.29, 0.717) is 0 Å². The molecule has 1 saturated heterocycles. The van der Waals surface area contributed by atoms with Crippen LogP contribution >= 0.6 is 0 Å². The monoisotopic (exact) mass is 408 g/mol. The second kappa shape index (κ2) is 19.1. The van der Waals surface area contributed by atoms with Crippen LogP contribution in [0.3, 0.4) is 0 Å². The average molecular weight is 409 g/mol. The Hall–Kier alpha value is -0.210.